The van der Waals surface area contributed by atoms with Crippen LogP contribution in [0, 0.1) is 0 Å². The molecule has 1 saturated heterocycles. The smallest absolute Gasteiger partial charge is 0.262 e. The predicted molar refractivity (Wildman–Crippen MR) is 121 cm³/mol. The Morgan fingerprint density at radius 2 is 2.17 bits per heavy atom. The molecule has 0 saturated carbocycles. The summed E-state index contributed by atoms with van der Waals surface area (Å²) in [7, 11) is -3.10. The molecule has 30 heavy (non-hydrogen) atoms. The van der Waals surface area contributed by atoms with Crippen LogP contribution in [0.3, 0.4) is 0 Å². The number of benzene rings is 1. The van der Waals surface area contributed by atoms with Gasteiger partial charge in [-0.3, -0.25) is 14.2 Å². The molecule has 1 amide bonds. The zero-order chi connectivity index (χ0) is 21.9. The molecule has 0 unspecified atom stereocenters. The third-order valence-electron chi connectivity index (χ3n) is 5.42. The van der Waals surface area contributed by atoms with Gasteiger partial charge in [-0.1, -0.05) is 36.9 Å². The van der Waals surface area contributed by atoms with E-state index in [0.29, 0.717) is 29.0 Å². The van der Waals surface area contributed by atoms with Crippen molar-refractivity contribution in [2.45, 2.75) is 50.5 Å². The Balaban J connectivity index is 1.86. The lowest BCUT2D eigenvalue weighted by atomic mass is 10.1. The topological polar surface area (TPSA) is 89.3 Å². The molecule has 1 aromatic carbocycles. The number of carbonyl (C=O) groups excluding carboxylic acids is 1. The van der Waals surface area contributed by atoms with Crippen LogP contribution in [0.25, 0.3) is 10.9 Å². The first-order chi connectivity index (χ1) is 14.3. The monoisotopic (exact) mass is 449 g/mol. The molecule has 2 aromatic rings. The number of thioether (sulfide) groups is 1. The minimum atomic E-state index is -3.10. The molecule has 0 bridgehead atoms. The van der Waals surface area contributed by atoms with Crippen LogP contribution in [-0.4, -0.2) is 58.1 Å². The van der Waals surface area contributed by atoms with Gasteiger partial charge in [0.15, 0.2) is 15.0 Å². The molecule has 2 atom stereocenters. The SMILES string of the molecule is C=CCn1c(SCC(=O)N([C@H]2CCS(=O)(=O)C2)[C@H](C)CC)nc2ccccc2c1=O. The molecule has 1 aliphatic rings. The molecule has 0 aliphatic carbocycles. The van der Waals surface area contributed by atoms with Crippen LogP contribution < -0.4 is 5.56 Å². The summed E-state index contributed by atoms with van der Waals surface area (Å²) in [5.74, 6) is 0.0891. The van der Waals surface area contributed by atoms with Crippen LogP contribution in [0.4, 0.5) is 0 Å². The van der Waals surface area contributed by atoms with E-state index >= 15 is 0 Å². The van der Waals surface area contributed by atoms with E-state index in [-0.39, 0.29) is 40.8 Å². The lowest BCUT2D eigenvalue weighted by Crippen LogP contribution is -2.47. The summed E-state index contributed by atoms with van der Waals surface area (Å²) in [6.45, 7) is 7.93. The summed E-state index contributed by atoms with van der Waals surface area (Å²) >= 11 is 1.20. The molecule has 0 radical (unpaired) electrons. The highest BCUT2D eigenvalue weighted by atomic mass is 32.2. The molecule has 1 aliphatic heterocycles. The zero-order valence-electron chi connectivity index (χ0n) is 17.3. The Labute approximate surface area is 181 Å². The maximum atomic E-state index is 13.1. The molecule has 0 spiro atoms. The molecule has 162 valence electrons. The number of allylic oxidation sites excluding steroid dienone is 1. The second-order valence-corrected chi connectivity index (χ2v) is 10.7. The molecule has 1 aromatic heterocycles. The zero-order valence-corrected chi connectivity index (χ0v) is 18.9. The normalized spacial score (nSPS) is 18.9. The highest BCUT2D eigenvalue weighted by molar-refractivity contribution is 7.99. The molecule has 2 heterocycles. The van der Waals surface area contributed by atoms with Crippen molar-refractivity contribution in [1.82, 2.24) is 14.5 Å². The van der Waals surface area contributed by atoms with Crippen LogP contribution in [0.1, 0.15) is 26.7 Å². The van der Waals surface area contributed by atoms with Crippen LogP contribution >= 0.6 is 11.8 Å². The van der Waals surface area contributed by atoms with Gasteiger partial charge in [0.05, 0.1) is 28.2 Å². The Hall–Kier alpha value is -2.13. The second-order valence-electron chi connectivity index (χ2n) is 7.52. The number of hydrogen-bond donors (Lipinski definition) is 0. The summed E-state index contributed by atoms with van der Waals surface area (Å²) in [5, 5.41) is 0.975. The van der Waals surface area contributed by atoms with Gasteiger partial charge in [0.25, 0.3) is 5.56 Å². The van der Waals surface area contributed by atoms with E-state index in [1.165, 1.54) is 16.3 Å². The minimum absolute atomic E-state index is 0.0170. The van der Waals surface area contributed by atoms with Gasteiger partial charge >= 0.3 is 0 Å². The summed E-state index contributed by atoms with van der Waals surface area (Å²) in [4.78, 5) is 32.3. The largest absolute Gasteiger partial charge is 0.335 e. The Morgan fingerprint density at radius 3 is 2.80 bits per heavy atom. The molecular formula is C21H27N3O4S2. The third kappa shape index (κ3) is 4.78. The van der Waals surface area contributed by atoms with E-state index in [2.05, 4.69) is 11.6 Å². The van der Waals surface area contributed by atoms with Gasteiger partial charge in [0.1, 0.15) is 0 Å². The average Bonchev–Trinajstić information content (AvgIpc) is 3.08. The second kappa shape index (κ2) is 9.34. The van der Waals surface area contributed by atoms with Crippen LogP contribution in [0.15, 0.2) is 46.9 Å². The summed E-state index contributed by atoms with van der Waals surface area (Å²) in [6, 6.07) is 6.76. The van der Waals surface area contributed by atoms with E-state index in [9.17, 15) is 18.0 Å². The van der Waals surface area contributed by atoms with Crippen molar-refractivity contribution >= 4 is 38.4 Å². The number of fused-ring (bicyclic) bond motifs is 1. The first-order valence-corrected chi connectivity index (χ1v) is 12.8. The highest BCUT2D eigenvalue weighted by Gasteiger charge is 2.36. The Kier molecular flexibility index (Phi) is 7.02. The Bertz CT molecular complexity index is 1110. The fraction of sp³-hybridized carbons (Fsp3) is 0.476. The van der Waals surface area contributed by atoms with Crippen molar-refractivity contribution in [3.63, 3.8) is 0 Å². The highest BCUT2D eigenvalue weighted by Crippen LogP contribution is 2.24. The number of sulfone groups is 1. The van der Waals surface area contributed by atoms with Gasteiger partial charge in [0, 0.05) is 18.6 Å². The van der Waals surface area contributed by atoms with E-state index in [1.807, 2.05) is 19.9 Å². The third-order valence-corrected chi connectivity index (χ3v) is 8.13. The number of hydrogen-bond acceptors (Lipinski definition) is 6. The molecular weight excluding hydrogens is 422 g/mol. The van der Waals surface area contributed by atoms with Crippen molar-refractivity contribution in [3.05, 3.63) is 47.3 Å². The molecule has 1 fully saturated rings. The van der Waals surface area contributed by atoms with E-state index in [1.54, 1.807) is 29.2 Å². The van der Waals surface area contributed by atoms with Gasteiger partial charge in [-0.25, -0.2) is 13.4 Å². The van der Waals surface area contributed by atoms with Gasteiger partial charge < -0.3 is 4.90 Å². The van der Waals surface area contributed by atoms with Crippen LogP contribution in [0.2, 0.25) is 0 Å². The summed E-state index contributed by atoms with van der Waals surface area (Å²) < 4.78 is 25.4. The fourth-order valence-electron chi connectivity index (χ4n) is 3.75. The number of amides is 1. The van der Waals surface area contributed by atoms with Gasteiger partial charge in [0.2, 0.25) is 5.91 Å². The average molecular weight is 450 g/mol. The molecule has 7 nitrogen and oxygen atoms in total. The first-order valence-electron chi connectivity index (χ1n) is 10.0. The molecule has 0 N–H and O–H groups in total. The van der Waals surface area contributed by atoms with E-state index in [0.717, 1.165) is 6.42 Å². The Morgan fingerprint density at radius 1 is 1.43 bits per heavy atom. The summed E-state index contributed by atoms with van der Waals surface area (Å²) in [6.07, 6.45) is 2.83. The van der Waals surface area contributed by atoms with Crippen LogP contribution in [0.5, 0.6) is 0 Å². The number of nitrogens with zero attached hydrogens (tertiary/aromatic N) is 3. The molecule has 3 rings (SSSR count). The van der Waals surface area contributed by atoms with Gasteiger partial charge in [-0.15, -0.1) is 6.58 Å². The lowest BCUT2D eigenvalue weighted by Gasteiger charge is -2.33. The van der Waals surface area contributed by atoms with Gasteiger partial charge in [-0.05, 0) is 31.9 Å². The first kappa shape index (κ1) is 22.6. The standard InChI is InChI=1S/C21H27N3O4S2/c1-4-11-23-20(26)17-8-6-7-9-18(17)22-21(23)29-13-19(25)24(15(3)5-2)16-10-12-30(27,28)14-16/h4,6-9,15-16H,1,5,10-14H2,2-3H3/t15-,16+/m1/s1. The van der Waals surface area contributed by atoms with E-state index < -0.39 is 9.84 Å². The predicted octanol–water partition coefficient (Wildman–Crippen LogP) is 2.49. The lowest BCUT2D eigenvalue weighted by molar-refractivity contribution is -0.132. The molecule has 9 heteroatoms. The van der Waals surface area contributed by atoms with E-state index in [4.69, 9.17) is 0 Å². The van der Waals surface area contributed by atoms with Crippen molar-refractivity contribution in [2.75, 3.05) is 17.3 Å². The maximum absolute atomic E-state index is 13.1. The minimum Gasteiger partial charge on any atom is -0.335 e. The number of para-hydroxylation sites is 1. The number of carbonyl (C=O) groups is 1. The van der Waals surface area contributed by atoms with Crippen LogP contribution in [-0.2, 0) is 21.2 Å². The van der Waals surface area contributed by atoms with Gasteiger partial charge in [-0.2, -0.15) is 0 Å². The number of rotatable bonds is 8. The van der Waals surface area contributed by atoms with Crippen molar-refractivity contribution in [3.8, 4) is 0 Å². The number of aromatic nitrogens is 2. The van der Waals surface area contributed by atoms with Crippen molar-refractivity contribution in [1.29, 1.82) is 0 Å². The van der Waals surface area contributed by atoms with Crippen molar-refractivity contribution < 1.29 is 13.2 Å². The maximum Gasteiger partial charge on any atom is 0.262 e. The quantitative estimate of drug-likeness (QED) is 0.349. The fourth-order valence-corrected chi connectivity index (χ4v) is 6.34. The summed E-state index contributed by atoms with van der Waals surface area (Å²) in [5.41, 5.74) is 0.412. The van der Waals surface area contributed by atoms with Crippen molar-refractivity contribution in [2.24, 2.45) is 0 Å².